The first-order valence-electron chi connectivity index (χ1n) is 7.40. The quantitative estimate of drug-likeness (QED) is 0.852. The number of nitrogens with zero attached hydrogens (tertiary/aromatic N) is 1. The van der Waals surface area contributed by atoms with Crippen LogP contribution >= 0.6 is 0 Å². The van der Waals surface area contributed by atoms with Crippen molar-refractivity contribution in [1.29, 1.82) is 0 Å². The molecule has 106 valence electrons. The Morgan fingerprint density at radius 1 is 1.32 bits per heavy atom. The molecular formula is C16H26N2O. The first kappa shape index (κ1) is 14.4. The van der Waals surface area contributed by atoms with E-state index in [0.717, 1.165) is 18.8 Å². The molecule has 1 saturated heterocycles. The molecule has 0 spiro atoms. The lowest BCUT2D eigenvalue weighted by Gasteiger charge is -2.28. The molecular weight excluding hydrogens is 236 g/mol. The Hall–Kier alpha value is -1.06. The van der Waals surface area contributed by atoms with Crippen molar-refractivity contribution in [2.24, 2.45) is 0 Å². The van der Waals surface area contributed by atoms with Crippen molar-refractivity contribution >= 4 is 0 Å². The Balaban J connectivity index is 1.91. The minimum Gasteiger partial charge on any atom is -0.497 e. The molecule has 1 fully saturated rings. The van der Waals surface area contributed by atoms with Gasteiger partial charge in [-0.1, -0.05) is 19.1 Å². The summed E-state index contributed by atoms with van der Waals surface area (Å²) in [7, 11) is 1.74. The van der Waals surface area contributed by atoms with Crippen LogP contribution in [0.1, 0.15) is 31.2 Å². The molecule has 0 bridgehead atoms. The van der Waals surface area contributed by atoms with Crippen molar-refractivity contribution in [3.05, 3.63) is 29.8 Å². The topological polar surface area (TPSA) is 24.5 Å². The molecule has 3 nitrogen and oxygen atoms in total. The van der Waals surface area contributed by atoms with Gasteiger partial charge in [0, 0.05) is 26.2 Å². The Labute approximate surface area is 116 Å². The van der Waals surface area contributed by atoms with E-state index in [1.807, 2.05) is 6.07 Å². The highest BCUT2D eigenvalue weighted by atomic mass is 16.5. The molecule has 1 unspecified atom stereocenters. The predicted molar refractivity (Wildman–Crippen MR) is 80.0 cm³/mol. The molecule has 0 aromatic heterocycles. The summed E-state index contributed by atoms with van der Waals surface area (Å²) < 4.78 is 5.33. The zero-order valence-electron chi connectivity index (χ0n) is 12.2. The van der Waals surface area contributed by atoms with E-state index >= 15 is 0 Å². The Kier molecular flexibility index (Phi) is 5.67. The second-order valence-electron chi connectivity index (χ2n) is 5.26. The van der Waals surface area contributed by atoms with E-state index in [-0.39, 0.29) is 0 Å². The maximum absolute atomic E-state index is 5.33. The van der Waals surface area contributed by atoms with Crippen molar-refractivity contribution in [2.75, 3.05) is 39.8 Å². The summed E-state index contributed by atoms with van der Waals surface area (Å²) in [5.74, 6) is 1.61. The van der Waals surface area contributed by atoms with Crippen molar-refractivity contribution in [3.63, 3.8) is 0 Å². The third-order valence-corrected chi connectivity index (χ3v) is 4.06. The molecule has 3 heteroatoms. The Morgan fingerprint density at radius 3 is 2.79 bits per heavy atom. The van der Waals surface area contributed by atoms with Crippen LogP contribution in [0.5, 0.6) is 5.75 Å². The second kappa shape index (κ2) is 7.51. The minimum absolute atomic E-state index is 0.644. The van der Waals surface area contributed by atoms with Crippen LogP contribution in [-0.2, 0) is 0 Å². The van der Waals surface area contributed by atoms with Crippen LogP contribution in [0.15, 0.2) is 24.3 Å². The Morgan fingerprint density at radius 2 is 2.11 bits per heavy atom. The molecule has 1 atom stereocenters. The van der Waals surface area contributed by atoms with Crippen LogP contribution in [0.4, 0.5) is 0 Å². The average Bonchev–Trinajstić information content (AvgIpc) is 2.49. The van der Waals surface area contributed by atoms with E-state index in [2.05, 4.69) is 35.3 Å². The number of piperazine rings is 1. The molecule has 1 aliphatic heterocycles. The highest BCUT2D eigenvalue weighted by Gasteiger charge is 2.14. The third-order valence-electron chi connectivity index (χ3n) is 4.06. The van der Waals surface area contributed by atoms with Crippen molar-refractivity contribution in [2.45, 2.75) is 25.7 Å². The van der Waals surface area contributed by atoms with Gasteiger partial charge in [0.05, 0.1) is 7.11 Å². The van der Waals surface area contributed by atoms with E-state index in [1.165, 1.54) is 38.0 Å². The van der Waals surface area contributed by atoms with Gasteiger partial charge in [-0.05, 0) is 43.0 Å². The fourth-order valence-electron chi connectivity index (χ4n) is 2.78. The van der Waals surface area contributed by atoms with Gasteiger partial charge in [-0.25, -0.2) is 0 Å². The molecule has 1 heterocycles. The highest BCUT2D eigenvalue weighted by molar-refractivity contribution is 5.30. The molecule has 1 N–H and O–H groups in total. The van der Waals surface area contributed by atoms with Gasteiger partial charge < -0.3 is 15.0 Å². The highest BCUT2D eigenvalue weighted by Crippen LogP contribution is 2.26. The number of hydrogen-bond donors (Lipinski definition) is 1. The number of rotatable bonds is 6. The summed E-state index contributed by atoms with van der Waals surface area (Å²) in [6.07, 6.45) is 2.43. The minimum atomic E-state index is 0.644. The maximum atomic E-state index is 5.33. The number of ether oxygens (including phenoxy) is 1. The van der Waals surface area contributed by atoms with Gasteiger partial charge in [-0.15, -0.1) is 0 Å². The summed E-state index contributed by atoms with van der Waals surface area (Å²) in [4.78, 5) is 2.57. The van der Waals surface area contributed by atoms with Gasteiger partial charge in [-0.3, -0.25) is 0 Å². The van der Waals surface area contributed by atoms with E-state index in [0.29, 0.717) is 5.92 Å². The third kappa shape index (κ3) is 4.22. The second-order valence-corrected chi connectivity index (χ2v) is 5.26. The smallest absolute Gasteiger partial charge is 0.119 e. The number of methoxy groups -OCH3 is 1. The normalized spacial score (nSPS) is 18.2. The Bertz CT molecular complexity index is 375. The van der Waals surface area contributed by atoms with Gasteiger partial charge in [0.25, 0.3) is 0 Å². The molecule has 1 aromatic carbocycles. The van der Waals surface area contributed by atoms with Gasteiger partial charge >= 0.3 is 0 Å². The molecule has 19 heavy (non-hydrogen) atoms. The number of benzene rings is 1. The summed E-state index contributed by atoms with van der Waals surface area (Å²) in [6, 6.07) is 8.54. The van der Waals surface area contributed by atoms with Crippen molar-refractivity contribution in [1.82, 2.24) is 10.2 Å². The zero-order valence-corrected chi connectivity index (χ0v) is 12.2. The van der Waals surface area contributed by atoms with Crippen LogP contribution in [0.25, 0.3) is 0 Å². The summed E-state index contributed by atoms with van der Waals surface area (Å²) in [6.45, 7) is 8.13. The molecule has 0 saturated carbocycles. The maximum Gasteiger partial charge on any atom is 0.119 e. The molecule has 0 radical (unpaired) electrons. The van der Waals surface area contributed by atoms with E-state index in [9.17, 15) is 0 Å². The van der Waals surface area contributed by atoms with E-state index in [4.69, 9.17) is 4.74 Å². The lowest BCUT2D eigenvalue weighted by Crippen LogP contribution is -2.44. The molecule has 2 rings (SSSR count). The zero-order chi connectivity index (χ0) is 13.5. The van der Waals surface area contributed by atoms with Gasteiger partial charge in [0.2, 0.25) is 0 Å². The lowest BCUT2D eigenvalue weighted by atomic mass is 9.93. The van der Waals surface area contributed by atoms with Crippen LogP contribution in [0.2, 0.25) is 0 Å². The fraction of sp³-hybridized carbons (Fsp3) is 0.625. The molecule has 1 aliphatic rings. The van der Waals surface area contributed by atoms with Crippen molar-refractivity contribution < 1.29 is 4.74 Å². The first-order chi connectivity index (χ1) is 9.33. The average molecular weight is 262 g/mol. The van der Waals surface area contributed by atoms with Crippen LogP contribution in [0, 0.1) is 0 Å². The van der Waals surface area contributed by atoms with Gasteiger partial charge in [-0.2, -0.15) is 0 Å². The molecule has 0 aliphatic carbocycles. The summed E-state index contributed by atoms with van der Waals surface area (Å²) in [5, 5.41) is 3.40. The van der Waals surface area contributed by atoms with Gasteiger partial charge in [0.15, 0.2) is 0 Å². The fourth-order valence-corrected chi connectivity index (χ4v) is 2.78. The predicted octanol–water partition coefficient (Wildman–Crippen LogP) is 2.48. The summed E-state index contributed by atoms with van der Waals surface area (Å²) >= 11 is 0. The number of hydrogen-bond acceptors (Lipinski definition) is 3. The van der Waals surface area contributed by atoms with E-state index < -0.39 is 0 Å². The van der Waals surface area contributed by atoms with E-state index in [1.54, 1.807) is 7.11 Å². The van der Waals surface area contributed by atoms with Crippen LogP contribution < -0.4 is 10.1 Å². The van der Waals surface area contributed by atoms with Gasteiger partial charge in [0.1, 0.15) is 5.75 Å². The summed E-state index contributed by atoms with van der Waals surface area (Å²) in [5.41, 5.74) is 1.41. The number of nitrogens with one attached hydrogen (secondary N) is 1. The monoisotopic (exact) mass is 262 g/mol. The first-order valence-corrected chi connectivity index (χ1v) is 7.40. The van der Waals surface area contributed by atoms with Crippen molar-refractivity contribution in [3.8, 4) is 5.75 Å². The standard InChI is InChI=1S/C16H26N2O/c1-3-14(7-10-18-11-8-17-9-12-18)15-5-4-6-16(13-15)19-2/h4-6,13-14,17H,3,7-12H2,1-2H3. The molecule has 1 aromatic rings. The molecule has 0 amide bonds. The lowest BCUT2D eigenvalue weighted by molar-refractivity contribution is 0.232. The SMILES string of the molecule is CCC(CCN1CCNCC1)c1cccc(OC)c1. The van der Waals surface area contributed by atoms with Crippen LogP contribution in [0.3, 0.4) is 0 Å². The largest absolute Gasteiger partial charge is 0.497 e. The van der Waals surface area contributed by atoms with Crippen LogP contribution in [-0.4, -0.2) is 44.7 Å².